The van der Waals surface area contributed by atoms with Crippen LogP contribution in [-0.4, -0.2) is 63.5 Å². The lowest BCUT2D eigenvalue weighted by Crippen LogP contribution is -2.54. The summed E-state index contributed by atoms with van der Waals surface area (Å²) in [5.74, 6) is -0.992. The van der Waals surface area contributed by atoms with Gasteiger partial charge in [0.2, 0.25) is 11.8 Å². The van der Waals surface area contributed by atoms with E-state index in [-0.39, 0.29) is 30.9 Å². The third-order valence-corrected chi connectivity index (χ3v) is 7.62. The average molecular weight is 470 g/mol. The van der Waals surface area contributed by atoms with Crippen molar-refractivity contribution >= 4 is 23.8 Å². The number of imide groups is 1. The van der Waals surface area contributed by atoms with Gasteiger partial charge in [-0.1, -0.05) is 12.1 Å². The molecule has 0 aromatic heterocycles. The van der Waals surface area contributed by atoms with Crippen LogP contribution in [0.3, 0.4) is 0 Å². The van der Waals surface area contributed by atoms with Crippen molar-refractivity contribution in [3.63, 3.8) is 0 Å². The second kappa shape index (κ2) is 7.53. The summed E-state index contributed by atoms with van der Waals surface area (Å²) in [6, 6.07) is 4.74. The highest BCUT2D eigenvalue weighted by atomic mass is 16.6. The van der Waals surface area contributed by atoms with Crippen LogP contribution in [0.4, 0.5) is 4.79 Å². The molecule has 1 aromatic carbocycles. The average Bonchev–Trinajstić information content (AvgIpc) is 3.46. The Bertz CT molecular complexity index is 1090. The van der Waals surface area contributed by atoms with Gasteiger partial charge in [0.25, 0.3) is 5.91 Å². The Labute approximate surface area is 198 Å². The fraction of sp³-hybridized carbons (Fsp3) is 0.600. The maximum absolute atomic E-state index is 13.0. The van der Waals surface area contributed by atoms with E-state index < -0.39 is 28.6 Å². The van der Waals surface area contributed by atoms with Crippen LogP contribution in [0.15, 0.2) is 18.2 Å². The van der Waals surface area contributed by atoms with Crippen LogP contribution in [0, 0.1) is 5.41 Å². The lowest BCUT2D eigenvalue weighted by atomic mass is 9.73. The molecule has 3 fully saturated rings. The number of hydrogen-bond acceptors (Lipinski definition) is 6. The van der Waals surface area contributed by atoms with Gasteiger partial charge in [0.05, 0.1) is 5.60 Å². The zero-order valence-corrected chi connectivity index (χ0v) is 19.8. The molecule has 2 atom stereocenters. The topological polar surface area (TPSA) is 116 Å². The van der Waals surface area contributed by atoms with Gasteiger partial charge in [-0.05, 0) is 63.6 Å². The van der Waals surface area contributed by atoms with Crippen LogP contribution in [0.1, 0.15) is 74.4 Å². The molecule has 5 rings (SSSR count). The van der Waals surface area contributed by atoms with Crippen LogP contribution in [0.5, 0.6) is 0 Å². The highest BCUT2D eigenvalue weighted by Gasteiger charge is 2.62. The van der Waals surface area contributed by atoms with Crippen LogP contribution in [0.2, 0.25) is 0 Å². The molecule has 4 amide bonds. The van der Waals surface area contributed by atoms with Gasteiger partial charge < -0.3 is 19.6 Å². The second-order valence-electron chi connectivity index (χ2n) is 11.1. The van der Waals surface area contributed by atoms with E-state index in [0.717, 1.165) is 24.0 Å². The number of amides is 4. The van der Waals surface area contributed by atoms with E-state index >= 15 is 0 Å². The van der Waals surface area contributed by atoms with E-state index in [1.54, 1.807) is 17.0 Å². The molecule has 0 bridgehead atoms. The molecule has 2 unspecified atom stereocenters. The van der Waals surface area contributed by atoms with Gasteiger partial charge in [-0.15, -0.1) is 0 Å². The van der Waals surface area contributed by atoms with Gasteiger partial charge in [-0.25, -0.2) is 4.79 Å². The molecule has 2 saturated heterocycles. The number of nitrogens with zero attached hydrogens (tertiary/aromatic N) is 2. The summed E-state index contributed by atoms with van der Waals surface area (Å²) in [5, 5.41) is 14.2. The number of piperidine rings is 2. The first-order valence-electron chi connectivity index (χ1n) is 11.9. The fourth-order valence-corrected chi connectivity index (χ4v) is 5.62. The van der Waals surface area contributed by atoms with Crippen LogP contribution in [-0.2, 0) is 26.5 Å². The molecule has 1 spiro atoms. The van der Waals surface area contributed by atoms with E-state index in [0.29, 0.717) is 31.5 Å². The number of hydrogen-bond donors (Lipinski definition) is 2. The maximum Gasteiger partial charge on any atom is 0.410 e. The summed E-state index contributed by atoms with van der Waals surface area (Å²) in [5.41, 5.74) is -0.0826. The summed E-state index contributed by atoms with van der Waals surface area (Å²) in [7, 11) is 0. The molecule has 34 heavy (non-hydrogen) atoms. The third-order valence-electron chi connectivity index (χ3n) is 7.62. The number of rotatable bonds is 2. The first-order chi connectivity index (χ1) is 15.9. The van der Waals surface area contributed by atoms with Gasteiger partial charge in [-0.3, -0.25) is 19.7 Å². The normalized spacial score (nSPS) is 28.1. The molecular formula is C25H31N3O6. The lowest BCUT2D eigenvalue weighted by molar-refractivity contribution is -0.136. The Morgan fingerprint density at radius 3 is 2.56 bits per heavy atom. The first kappa shape index (κ1) is 22.8. The van der Waals surface area contributed by atoms with Crippen LogP contribution >= 0.6 is 0 Å². The quantitative estimate of drug-likeness (QED) is 0.641. The zero-order valence-electron chi connectivity index (χ0n) is 19.8. The van der Waals surface area contributed by atoms with Crippen LogP contribution < -0.4 is 5.32 Å². The minimum absolute atomic E-state index is 0.207. The molecule has 4 aliphatic rings. The largest absolute Gasteiger partial charge is 0.444 e. The van der Waals surface area contributed by atoms with Crippen molar-refractivity contribution in [2.24, 2.45) is 5.41 Å². The summed E-state index contributed by atoms with van der Waals surface area (Å²) >= 11 is 0. The molecule has 3 heterocycles. The number of ether oxygens (including phenoxy) is 1. The first-order valence-corrected chi connectivity index (χ1v) is 11.9. The number of carbonyl (C=O) groups excluding carboxylic acids is 4. The molecular weight excluding hydrogens is 438 g/mol. The molecule has 3 aliphatic heterocycles. The van der Waals surface area contributed by atoms with Crippen molar-refractivity contribution in [3.8, 4) is 0 Å². The third kappa shape index (κ3) is 3.66. The van der Waals surface area contributed by atoms with Crippen molar-refractivity contribution in [2.45, 2.75) is 76.7 Å². The number of likely N-dealkylation sites (tertiary alicyclic amines) is 1. The summed E-state index contributed by atoms with van der Waals surface area (Å²) in [6.07, 6.45) is 2.15. The maximum atomic E-state index is 13.0. The molecule has 0 radical (unpaired) electrons. The second-order valence-corrected chi connectivity index (χ2v) is 11.1. The van der Waals surface area contributed by atoms with Crippen molar-refractivity contribution < 1.29 is 29.0 Å². The van der Waals surface area contributed by atoms with Gasteiger partial charge in [0.1, 0.15) is 11.6 Å². The minimum atomic E-state index is -1.11. The molecule has 9 nitrogen and oxygen atoms in total. The highest BCUT2D eigenvalue weighted by molar-refractivity contribution is 6.05. The minimum Gasteiger partial charge on any atom is -0.444 e. The lowest BCUT2D eigenvalue weighted by Gasteiger charge is -2.46. The molecule has 1 aromatic rings. The SMILES string of the molecule is CC(C)(C)OC(=O)N1CCC(O)(c2ccc3c(c2)CN(C2CCC(=O)NC2=O)C3=O)C2(CC2)C1. The number of carbonyl (C=O) groups is 4. The summed E-state index contributed by atoms with van der Waals surface area (Å²) < 4.78 is 5.54. The van der Waals surface area contributed by atoms with Crippen molar-refractivity contribution in [3.05, 3.63) is 34.9 Å². The predicted molar refractivity (Wildman–Crippen MR) is 120 cm³/mol. The summed E-state index contributed by atoms with van der Waals surface area (Å²) in [4.78, 5) is 52.6. The van der Waals surface area contributed by atoms with Gasteiger partial charge in [0, 0.05) is 37.0 Å². The number of benzene rings is 1. The Balaban J connectivity index is 1.36. The fourth-order valence-electron chi connectivity index (χ4n) is 5.62. The molecule has 182 valence electrons. The standard InChI is InChI=1S/C25H31N3O6/c1-23(2,3)34-22(32)27-11-10-25(33,24(14-27)8-9-24)16-4-5-17-15(12-16)13-28(21(17)31)18-6-7-19(29)26-20(18)30/h4-5,12,18,33H,6-11,13-14H2,1-3H3,(H,26,29,30). The Morgan fingerprint density at radius 2 is 1.91 bits per heavy atom. The van der Waals surface area contributed by atoms with Crippen molar-refractivity contribution in [1.29, 1.82) is 0 Å². The van der Waals surface area contributed by atoms with Crippen molar-refractivity contribution in [2.75, 3.05) is 13.1 Å². The van der Waals surface area contributed by atoms with E-state index in [2.05, 4.69) is 5.32 Å². The van der Waals surface area contributed by atoms with E-state index in [1.807, 2.05) is 26.8 Å². The Morgan fingerprint density at radius 1 is 1.18 bits per heavy atom. The van der Waals surface area contributed by atoms with Gasteiger partial charge in [0.15, 0.2) is 0 Å². The van der Waals surface area contributed by atoms with Crippen LogP contribution in [0.25, 0.3) is 0 Å². The Kier molecular flexibility index (Phi) is 5.06. The predicted octanol–water partition coefficient (Wildman–Crippen LogP) is 2.06. The number of aliphatic hydroxyl groups is 1. The van der Waals surface area contributed by atoms with Gasteiger partial charge in [-0.2, -0.15) is 0 Å². The highest BCUT2D eigenvalue weighted by Crippen LogP contribution is 2.62. The van der Waals surface area contributed by atoms with Crippen molar-refractivity contribution in [1.82, 2.24) is 15.1 Å². The molecule has 1 saturated carbocycles. The van der Waals surface area contributed by atoms with Gasteiger partial charge >= 0.3 is 6.09 Å². The smallest absolute Gasteiger partial charge is 0.410 e. The number of fused-ring (bicyclic) bond motifs is 1. The summed E-state index contributed by atoms with van der Waals surface area (Å²) in [6.45, 7) is 6.58. The molecule has 9 heteroatoms. The number of nitrogens with one attached hydrogen (secondary N) is 1. The monoisotopic (exact) mass is 469 g/mol. The van der Waals surface area contributed by atoms with E-state index in [4.69, 9.17) is 4.74 Å². The van der Waals surface area contributed by atoms with E-state index in [9.17, 15) is 24.3 Å². The Hall–Kier alpha value is -2.94. The zero-order chi connectivity index (χ0) is 24.5. The molecule has 1 aliphatic carbocycles. The van der Waals surface area contributed by atoms with E-state index in [1.165, 1.54) is 4.90 Å². The molecule has 2 N–H and O–H groups in total.